The molecule has 0 aromatic carbocycles. The SMILES string of the molecule is CC(C)C1NC2(CC2)C(=O)N1CC(C)C1CC1. The molecule has 1 N–H and O–H groups in total. The average molecular weight is 236 g/mol. The van der Waals surface area contributed by atoms with E-state index < -0.39 is 0 Å². The lowest BCUT2D eigenvalue weighted by molar-refractivity contribution is -0.131. The molecule has 1 saturated heterocycles. The van der Waals surface area contributed by atoms with Gasteiger partial charge in [0.05, 0.1) is 11.7 Å². The molecule has 3 rings (SSSR count). The van der Waals surface area contributed by atoms with Crippen molar-refractivity contribution in [3.05, 3.63) is 0 Å². The Balaban J connectivity index is 1.72. The van der Waals surface area contributed by atoms with Gasteiger partial charge in [-0.15, -0.1) is 0 Å². The minimum absolute atomic E-state index is 0.141. The maximum absolute atomic E-state index is 12.4. The highest BCUT2D eigenvalue weighted by molar-refractivity contribution is 5.91. The van der Waals surface area contributed by atoms with Crippen LogP contribution in [0.3, 0.4) is 0 Å². The van der Waals surface area contributed by atoms with Crippen LogP contribution in [0.2, 0.25) is 0 Å². The molecule has 2 saturated carbocycles. The molecule has 3 fully saturated rings. The largest absolute Gasteiger partial charge is 0.325 e. The molecule has 1 amide bonds. The molecule has 2 aliphatic carbocycles. The van der Waals surface area contributed by atoms with Crippen molar-refractivity contribution in [1.29, 1.82) is 0 Å². The van der Waals surface area contributed by atoms with Gasteiger partial charge in [-0.1, -0.05) is 20.8 Å². The summed E-state index contributed by atoms with van der Waals surface area (Å²) in [5.74, 6) is 2.44. The van der Waals surface area contributed by atoms with Crippen molar-refractivity contribution < 1.29 is 4.79 Å². The van der Waals surface area contributed by atoms with Gasteiger partial charge in [-0.05, 0) is 43.4 Å². The Bertz CT molecular complexity index is 331. The number of rotatable bonds is 4. The molecule has 0 aromatic heterocycles. The van der Waals surface area contributed by atoms with E-state index in [0.29, 0.717) is 17.7 Å². The van der Waals surface area contributed by atoms with Crippen molar-refractivity contribution in [2.75, 3.05) is 6.54 Å². The van der Waals surface area contributed by atoms with Gasteiger partial charge >= 0.3 is 0 Å². The van der Waals surface area contributed by atoms with Crippen LogP contribution in [-0.2, 0) is 4.79 Å². The van der Waals surface area contributed by atoms with Gasteiger partial charge in [-0.2, -0.15) is 0 Å². The van der Waals surface area contributed by atoms with E-state index in [2.05, 4.69) is 31.0 Å². The predicted octanol–water partition coefficient (Wildman–Crippen LogP) is 1.98. The maximum atomic E-state index is 12.4. The zero-order chi connectivity index (χ0) is 12.2. The van der Waals surface area contributed by atoms with Crippen LogP contribution in [0.15, 0.2) is 0 Å². The van der Waals surface area contributed by atoms with E-state index in [0.717, 1.165) is 25.3 Å². The van der Waals surface area contributed by atoms with E-state index in [9.17, 15) is 4.79 Å². The monoisotopic (exact) mass is 236 g/mol. The van der Waals surface area contributed by atoms with Gasteiger partial charge in [0.15, 0.2) is 0 Å². The van der Waals surface area contributed by atoms with Crippen molar-refractivity contribution in [1.82, 2.24) is 10.2 Å². The summed E-state index contributed by atoms with van der Waals surface area (Å²) in [7, 11) is 0. The van der Waals surface area contributed by atoms with Crippen LogP contribution in [0.25, 0.3) is 0 Å². The minimum atomic E-state index is -0.141. The van der Waals surface area contributed by atoms with E-state index in [1.165, 1.54) is 12.8 Å². The molecule has 1 heterocycles. The Kier molecular flexibility index (Phi) is 2.51. The third-order valence-electron chi connectivity index (χ3n) is 4.72. The Morgan fingerprint density at radius 2 is 2.00 bits per heavy atom. The van der Waals surface area contributed by atoms with Gasteiger partial charge in [-0.25, -0.2) is 0 Å². The molecule has 1 aliphatic heterocycles. The summed E-state index contributed by atoms with van der Waals surface area (Å²) in [4.78, 5) is 14.6. The van der Waals surface area contributed by atoms with Crippen LogP contribution >= 0.6 is 0 Å². The first-order valence-corrected chi connectivity index (χ1v) is 7.12. The highest BCUT2D eigenvalue weighted by Gasteiger charge is 2.59. The minimum Gasteiger partial charge on any atom is -0.325 e. The first kappa shape index (κ1) is 11.5. The normalized spacial score (nSPS) is 32.6. The van der Waals surface area contributed by atoms with E-state index in [-0.39, 0.29) is 11.7 Å². The Hall–Kier alpha value is -0.570. The molecule has 17 heavy (non-hydrogen) atoms. The molecule has 3 aliphatic rings. The molecule has 2 unspecified atom stereocenters. The van der Waals surface area contributed by atoms with Crippen molar-refractivity contribution in [3.63, 3.8) is 0 Å². The van der Waals surface area contributed by atoms with Crippen molar-refractivity contribution in [2.45, 2.75) is 58.2 Å². The number of carbonyl (C=O) groups excluding carboxylic acids is 1. The molecular formula is C14H24N2O. The first-order valence-electron chi connectivity index (χ1n) is 7.12. The first-order chi connectivity index (χ1) is 8.03. The quantitative estimate of drug-likeness (QED) is 0.809. The van der Waals surface area contributed by atoms with E-state index in [4.69, 9.17) is 0 Å². The number of carbonyl (C=O) groups is 1. The molecule has 3 nitrogen and oxygen atoms in total. The summed E-state index contributed by atoms with van der Waals surface area (Å²) in [6.07, 6.45) is 5.10. The third-order valence-corrected chi connectivity index (χ3v) is 4.72. The second-order valence-electron chi connectivity index (χ2n) is 6.69. The maximum Gasteiger partial charge on any atom is 0.244 e. The fourth-order valence-electron chi connectivity index (χ4n) is 3.15. The summed E-state index contributed by atoms with van der Waals surface area (Å²) in [5, 5.41) is 3.58. The number of hydrogen-bond donors (Lipinski definition) is 1. The van der Waals surface area contributed by atoms with Gasteiger partial charge < -0.3 is 4.90 Å². The smallest absolute Gasteiger partial charge is 0.244 e. The van der Waals surface area contributed by atoms with Gasteiger partial charge in [0.25, 0.3) is 0 Å². The average Bonchev–Trinajstić information content (AvgIpc) is 3.13. The lowest BCUT2D eigenvalue weighted by atomic mass is 10.0. The van der Waals surface area contributed by atoms with E-state index >= 15 is 0 Å². The van der Waals surface area contributed by atoms with Crippen molar-refractivity contribution in [2.24, 2.45) is 17.8 Å². The molecule has 0 radical (unpaired) electrons. The van der Waals surface area contributed by atoms with Crippen LogP contribution in [-0.4, -0.2) is 29.1 Å². The molecule has 3 heteroatoms. The standard InChI is InChI=1S/C14H24N2O/c1-9(2)12-15-14(6-7-14)13(17)16(12)8-10(3)11-4-5-11/h9-12,15H,4-8H2,1-3H3. The predicted molar refractivity (Wildman–Crippen MR) is 67.3 cm³/mol. The zero-order valence-electron chi connectivity index (χ0n) is 11.2. The Labute approximate surface area is 104 Å². The van der Waals surface area contributed by atoms with Crippen LogP contribution in [0, 0.1) is 17.8 Å². The second kappa shape index (κ2) is 3.71. The summed E-state index contributed by atoms with van der Waals surface area (Å²) >= 11 is 0. The molecule has 1 spiro atoms. The number of nitrogens with zero attached hydrogens (tertiary/aromatic N) is 1. The number of amides is 1. The number of hydrogen-bond acceptors (Lipinski definition) is 2. The Morgan fingerprint density at radius 3 is 2.47 bits per heavy atom. The fourth-order valence-corrected chi connectivity index (χ4v) is 3.15. The zero-order valence-corrected chi connectivity index (χ0v) is 11.2. The van der Waals surface area contributed by atoms with Gasteiger partial charge in [0.1, 0.15) is 0 Å². The van der Waals surface area contributed by atoms with E-state index in [1.54, 1.807) is 0 Å². The molecule has 2 atom stereocenters. The number of nitrogens with one attached hydrogen (secondary N) is 1. The van der Waals surface area contributed by atoms with Crippen molar-refractivity contribution in [3.8, 4) is 0 Å². The molecule has 0 aromatic rings. The summed E-state index contributed by atoms with van der Waals surface area (Å²) in [6, 6.07) is 0. The lowest BCUT2D eigenvalue weighted by Crippen LogP contribution is -2.43. The lowest BCUT2D eigenvalue weighted by Gasteiger charge is -2.29. The Morgan fingerprint density at radius 1 is 1.35 bits per heavy atom. The topological polar surface area (TPSA) is 32.3 Å². The van der Waals surface area contributed by atoms with Crippen LogP contribution in [0.4, 0.5) is 0 Å². The fraction of sp³-hybridized carbons (Fsp3) is 0.929. The third kappa shape index (κ3) is 1.88. The van der Waals surface area contributed by atoms with Gasteiger partial charge in [0, 0.05) is 6.54 Å². The summed E-state index contributed by atoms with van der Waals surface area (Å²) < 4.78 is 0. The molecule has 96 valence electrons. The highest BCUT2D eigenvalue weighted by Crippen LogP contribution is 2.44. The van der Waals surface area contributed by atoms with Crippen LogP contribution < -0.4 is 5.32 Å². The van der Waals surface area contributed by atoms with Gasteiger partial charge in [0.2, 0.25) is 5.91 Å². The molecule has 0 bridgehead atoms. The van der Waals surface area contributed by atoms with Crippen LogP contribution in [0.5, 0.6) is 0 Å². The molecular weight excluding hydrogens is 212 g/mol. The highest BCUT2D eigenvalue weighted by atomic mass is 16.2. The van der Waals surface area contributed by atoms with Gasteiger partial charge in [-0.3, -0.25) is 10.1 Å². The summed E-state index contributed by atoms with van der Waals surface area (Å²) in [6.45, 7) is 7.68. The summed E-state index contributed by atoms with van der Waals surface area (Å²) in [5.41, 5.74) is -0.141. The van der Waals surface area contributed by atoms with Crippen LogP contribution in [0.1, 0.15) is 46.5 Å². The van der Waals surface area contributed by atoms with Crippen molar-refractivity contribution >= 4 is 5.91 Å². The van der Waals surface area contributed by atoms with E-state index in [1.807, 2.05) is 0 Å². The second-order valence-corrected chi connectivity index (χ2v) is 6.69.